The van der Waals surface area contributed by atoms with E-state index in [1.807, 2.05) is 6.08 Å². The first-order valence-electron chi connectivity index (χ1n) is 14.8. The van der Waals surface area contributed by atoms with Crippen molar-refractivity contribution < 1.29 is 19.7 Å². The lowest BCUT2D eigenvalue weighted by molar-refractivity contribution is -0.322. The quantitative estimate of drug-likeness (QED) is 0.444. The fourth-order valence-electron chi connectivity index (χ4n) is 8.82. The zero-order valence-corrected chi connectivity index (χ0v) is 23.8. The lowest BCUT2D eigenvalue weighted by Crippen LogP contribution is -2.58. The summed E-state index contributed by atoms with van der Waals surface area (Å²) in [6.07, 6.45) is 10.7. The van der Waals surface area contributed by atoms with Gasteiger partial charge in [-0.2, -0.15) is 0 Å². The third kappa shape index (κ3) is 4.16. The van der Waals surface area contributed by atoms with Gasteiger partial charge in [-0.25, -0.2) is 0 Å². The van der Waals surface area contributed by atoms with Gasteiger partial charge >= 0.3 is 0 Å². The van der Waals surface area contributed by atoms with Crippen molar-refractivity contribution in [1.82, 2.24) is 0 Å². The summed E-state index contributed by atoms with van der Waals surface area (Å²) < 4.78 is 12.8. The summed E-state index contributed by atoms with van der Waals surface area (Å²) in [5, 5.41) is 23.9. The van der Waals surface area contributed by atoms with Crippen LogP contribution in [-0.2, 0) is 9.47 Å². The lowest BCUT2D eigenvalue weighted by atomic mass is 9.50. The van der Waals surface area contributed by atoms with E-state index in [0.717, 1.165) is 50.5 Å². The monoisotopic (exact) mass is 521 g/mol. The topological polar surface area (TPSA) is 84.9 Å². The molecule has 0 radical (unpaired) electrons. The Morgan fingerprint density at radius 3 is 2.37 bits per heavy atom. The number of ether oxygens (including phenoxy) is 2. The van der Waals surface area contributed by atoms with E-state index in [9.17, 15) is 10.2 Å². The SMILES string of the molecule is CC1(C)COC2(CCC3=C4C(CCC3(O)C2)C2CC[C@](C)(O)[C@@]2(C)C[C@@H]4c2ccc(/C=C/CN)cc2)OC1. The van der Waals surface area contributed by atoms with Crippen LogP contribution >= 0.6 is 0 Å². The van der Waals surface area contributed by atoms with E-state index in [4.69, 9.17) is 15.2 Å². The summed E-state index contributed by atoms with van der Waals surface area (Å²) in [6.45, 7) is 10.6. The highest BCUT2D eigenvalue weighted by Crippen LogP contribution is 2.67. The van der Waals surface area contributed by atoms with Crippen LogP contribution in [0.2, 0.25) is 0 Å². The van der Waals surface area contributed by atoms with Crippen LogP contribution in [0.15, 0.2) is 41.5 Å². The van der Waals surface area contributed by atoms with Crippen LogP contribution in [0.25, 0.3) is 6.08 Å². The summed E-state index contributed by atoms with van der Waals surface area (Å²) in [7, 11) is 0. The van der Waals surface area contributed by atoms with E-state index in [1.54, 1.807) is 0 Å². The molecule has 4 aliphatic carbocycles. The Hall–Kier alpha value is -1.50. The third-order valence-corrected chi connectivity index (χ3v) is 11.2. The normalized spacial score (nSPS) is 41.7. The number of fused-ring (bicyclic) bond motifs is 4. The minimum atomic E-state index is -0.886. The standard InChI is InChI=1S/C33H47NO4/c1-29(2)20-37-33(38-21-29)16-13-27-28-24(11-15-32(27,36)19-33)26-12-14-31(4,35)30(26,3)18-25(28)23-9-7-22(8-10-23)6-5-17-34/h5-10,24-26,35-36H,11-21,34H2,1-4H3/b6-5+/t24?,25-,26?,30+,31+,32?/m1/s1. The van der Waals surface area contributed by atoms with Crippen LogP contribution in [-0.4, -0.2) is 47.0 Å². The van der Waals surface area contributed by atoms with E-state index in [2.05, 4.69) is 58.0 Å². The predicted octanol–water partition coefficient (Wildman–Crippen LogP) is 5.70. The van der Waals surface area contributed by atoms with Gasteiger partial charge in [0.1, 0.15) is 0 Å². The smallest absolute Gasteiger partial charge is 0.171 e. The molecule has 5 nitrogen and oxygen atoms in total. The fraction of sp³-hybridized carbons (Fsp3) is 0.697. The first kappa shape index (κ1) is 26.7. The molecule has 4 fully saturated rings. The molecule has 0 aromatic heterocycles. The van der Waals surface area contributed by atoms with Gasteiger partial charge in [-0.05, 0) is 74.0 Å². The van der Waals surface area contributed by atoms with Crippen molar-refractivity contribution >= 4 is 6.08 Å². The minimum Gasteiger partial charge on any atom is -0.390 e. The molecule has 1 aliphatic heterocycles. The van der Waals surface area contributed by atoms with Crippen molar-refractivity contribution in [3.63, 3.8) is 0 Å². The summed E-state index contributed by atoms with van der Waals surface area (Å²) in [5.41, 5.74) is 9.14. The van der Waals surface area contributed by atoms with Crippen LogP contribution in [0.5, 0.6) is 0 Å². The molecule has 1 saturated heterocycles. The average Bonchev–Trinajstić information content (AvgIpc) is 3.12. The summed E-state index contributed by atoms with van der Waals surface area (Å²) in [4.78, 5) is 0. The molecular formula is C33H47NO4. The number of hydrogen-bond acceptors (Lipinski definition) is 5. The van der Waals surface area contributed by atoms with Gasteiger partial charge in [-0.3, -0.25) is 0 Å². The molecule has 1 aromatic rings. The Morgan fingerprint density at radius 1 is 0.974 bits per heavy atom. The fourth-order valence-corrected chi connectivity index (χ4v) is 8.82. The van der Waals surface area contributed by atoms with Crippen LogP contribution in [0, 0.1) is 22.7 Å². The maximum absolute atomic E-state index is 12.3. The van der Waals surface area contributed by atoms with Crippen LogP contribution < -0.4 is 5.73 Å². The predicted molar refractivity (Wildman–Crippen MR) is 150 cm³/mol. The van der Waals surface area contributed by atoms with Gasteiger partial charge in [0, 0.05) is 36.1 Å². The largest absolute Gasteiger partial charge is 0.390 e. The first-order chi connectivity index (χ1) is 17.9. The van der Waals surface area contributed by atoms with Gasteiger partial charge in [0.25, 0.3) is 0 Å². The van der Waals surface area contributed by atoms with Crippen molar-refractivity contribution in [3.05, 3.63) is 52.6 Å². The molecule has 3 saturated carbocycles. The van der Waals surface area contributed by atoms with Crippen molar-refractivity contribution in [3.8, 4) is 0 Å². The van der Waals surface area contributed by atoms with Crippen LogP contribution in [0.1, 0.15) is 96.1 Å². The van der Waals surface area contributed by atoms with Gasteiger partial charge in [0.05, 0.1) is 24.4 Å². The van der Waals surface area contributed by atoms with Crippen molar-refractivity contribution in [2.24, 2.45) is 28.4 Å². The molecule has 4 N–H and O–H groups in total. The molecule has 5 heteroatoms. The maximum Gasteiger partial charge on any atom is 0.171 e. The Kier molecular flexibility index (Phi) is 6.33. The van der Waals surface area contributed by atoms with Crippen LogP contribution in [0.3, 0.4) is 0 Å². The lowest BCUT2D eigenvalue weighted by Gasteiger charge is -2.58. The molecule has 1 spiro atoms. The zero-order valence-electron chi connectivity index (χ0n) is 23.8. The highest BCUT2D eigenvalue weighted by Gasteiger charge is 2.63. The maximum atomic E-state index is 12.3. The van der Waals surface area contributed by atoms with E-state index < -0.39 is 17.0 Å². The molecule has 0 bridgehead atoms. The molecule has 6 rings (SSSR count). The highest BCUT2D eigenvalue weighted by atomic mass is 16.7. The number of rotatable bonds is 3. The molecule has 208 valence electrons. The van der Waals surface area contributed by atoms with Gasteiger partial charge in [-0.1, -0.05) is 62.8 Å². The Morgan fingerprint density at radius 2 is 1.68 bits per heavy atom. The first-order valence-corrected chi connectivity index (χ1v) is 14.8. The van der Waals surface area contributed by atoms with E-state index in [-0.39, 0.29) is 16.7 Å². The molecule has 3 unspecified atom stereocenters. The Labute approximate surface area is 228 Å². The van der Waals surface area contributed by atoms with E-state index >= 15 is 0 Å². The second-order valence-electron chi connectivity index (χ2n) is 14.3. The molecule has 1 aromatic carbocycles. The van der Waals surface area contributed by atoms with E-state index in [1.165, 1.54) is 16.7 Å². The van der Waals surface area contributed by atoms with Gasteiger partial charge in [0.15, 0.2) is 5.79 Å². The Balaban J connectivity index is 1.41. The summed E-state index contributed by atoms with van der Waals surface area (Å²) in [5.74, 6) is 0.377. The molecule has 38 heavy (non-hydrogen) atoms. The molecule has 5 aliphatic rings. The molecule has 0 amide bonds. The molecule has 1 heterocycles. The minimum absolute atomic E-state index is 0.00805. The van der Waals surface area contributed by atoms with Crippen molar-refractivity contribution in [2.45, 2.75) is 102 Å². The second kappa shape index (κ2) is 9.01. The summed E-state index contributed by atoms with van der Waals surface area (Å²) >= 11 is 0. The number of hydrogen-bond donors (Lipinski definition) is 3. The third-order valence-electron chi connectivity index (χ3n) is 11.2. The average molecular weight is 522 g/mol. The van der Waals surface area contributed by atoms with Crippen molar-refractivity contribution in [1.29, 1.82) is 0 Å². The number of allylic oxidation sites excluding steroid dienone is 1. The molecular weight excluding hydrogens is 474 g/mol. The number of aliphatic hydroxyl groups is 2. The van der Waals surface area contributed by atoms with Gasteiger partial charge < -0.3 is 25.4 Å². The number of benzene rings is 1. The van der Waals surface area contributed by atoms with Gasteiger partial charge in [0.2, 0.25) is 0 Å². The number of nitrogens with two attached hydrogens (primary N) is 1. The van der Waals surface area contributed by atoms with Crippen LogP contribution in [0.4, 0.5) is 0 Å². The van der Waals surface area contributed by atoms with Gasteiger partial charge in [-0.15, -0.1) is 0 Å². The summed E-state index contributed by atoms with van der Waals surface area (Å²) in [6, 6.07) is 8.87. The Bertz CT molecular complexity index is 1120. The highest BCUT2D eigenvalue weighted by molar-refractivity contribution is 5.52. The second-order valence-corrected chi connectivity index (χ2v) is 14.3. The van der Waals surface area contributed by atoms with E-state index in [0.29, 0.717) is 38.0 Å². The molecule has 6 atom stereocenters. The zero-order chi connectivity index (χ0) is 27.0. The van der Waals surface area contributed by atoms with Crippen molar-refractivity contribution in [2.75, 3.05) is 19.8 Å².